The van der Waals surface area contributed by atoms with Gasteiger partial charge in [-0.15, -0.1) is 0 Å². The highest BCUT2D eigenvalue weighted by atomic mass is 16.5. The van der Waals surface area contributed by atoms with Crippen LogP contribution in [0.3, 0.4) is 0 Å². The van der Waals surface area contributed by atoms with E-state index in [1.165, 1.54) is 250 Å². The molecule has 17 nitrogen and oxygen atoms in total. The molecule has 0 spiro atoms. The molecule has 0 fully saturated rings. The van der Waals surface area contributed by atoms with Gasteiger partial charge in [-0.05, 0) is 57.8 Å². The van der Waals surface area contributed by atoms with Gasteiger partial charge < -0.3 is 56.7 Å². The van der Waals surface area contributed by atoms with Gasteiger partial charge in [0.2, 0.25) is 11.8 Å². The minimum Gasteiger partial charge on any atom is -0.481 e. The van der Waals surface area contributed by atoms with E-state index in [9.17, 15) is 39.0 Å². The van der Waals surface area contributed by atoms with Crippen molar-refractivity contribution in [1.29, 1.82) is 0 Å². The maximum absolute atomic E-state index is 13.0. The number of carboxylic acid groups (broad SMARTS) is 2. The number of unbranched alkanes of at least 4 members (excludes halogenated alkanes) is 50. The van der Waals surface area contributed by atoms with E-state index in [-0.39, 0.29) is 37.9 Å². The standard InChI is InChI=1S/C81H152N4O13/c1-3-5-7-9-11-13-15-23-29-35-41-47-53-59-74(86)72(68-97-80(94)70(82)63-64-78(90)91)84-76(88)61-55-49-43-37-31-25-19-17-21-27-33-39-45-51-57-65-96-66-58-52-46-40-34-28-22-18-20-26-32-38-44-50-56-62-77(89)85-73(69-98-81(95)71(83)67-79(92)93)75(87)60-54-48-42-36-30-24-16-14-12-10-8-6-4-2/h53-54,59-60,70-75,86-87H,3-52,55-58,61-69,82-83H2,1-2H3,(H,84,88)(H,85,89)(H,90,91)(H,92,93)/b59-53+,60-54+/t70?,71?,72-,73-,74+,75+/m0/s1. The van der Waals surface area contributed by atoms with Crippen molar-refractivity contribution in [2.45, 2.75) is 429 Å². The van der Waals surface area contributed by atoms with Gasteiger partial charge in [0.15, 0.2) is 0 Å². The average molecular weight is 1390 g/mol. The number of carbonyl (C=O) groups is 6. The van der Waals surface area contributed by atoms with Crippen LogP contribution in [0.2, 0.25) is 0 Å². The number of aliphatic carboxylic acids is 2. The molecule has 574 valence electrons. The molecule has 0 rings (SSSR count). The molecular formula is C81H152N4O13. The van der Waals surface area contributed by atoms with Crippen LogP contribution in [0.15, 0.2) is 24.3 Å². The van der Waals surface area contributed by atoms with E-state index in [1.54, 1.807) is 12.2 Å². The van der Waals surface area contributed by atoms with E-state index < -0.39 is 66.7 Å². The Hall–Kier alpha value is -3.90. The van der Waals surface area contributed by atoms with Crippen molar-refractivity contribution in [3.63, 3.8) is 0 Å². The molecule has 6 atom stereocenters. The minimum atomic E-state index is -1.32. The Kier molecular flexibility index (Phi) is 70.0. The normalized spacial score (nSPS) is 13.6. The number of carbonyl (C=O) groups excluding carboxylic acids is 4. The first-order valence-corrected chi connectivity index (χ1v) is 40.9. The molecule has 0 aliphatic carbocycles. The number of hydrogen-bond donors (Lipinski definition) is 8. The molecule has 0 aromatic rings. The van der Waals surface area contributed by atoms with E-state index in [0.717, 1.165) is 110 Å². The third-order valence-electron chi connectivity index (χ3n) is 19.0. The number of esters is 2. The van der Waals surface area contributed by atoms with Crippen molar-refractivity contribution >= 4 is 35.7 Å². The van der Waals surface area contributed by atoms with E-state index >= 15 is 0 Å². The van der Waals surface area contributed by atoms with Gasteiger partial charge in [0.05, 0.1) is 30.7 Å². The lowest BCUT2D eigenvalue weighted by Crippen LogP contribution is -2.47. The number of nitrogens with two attached hydrogens (primary N) is 2. The predicted molar refractivity (Wildman–Crippen MR) is 402 cm³/mol. The number of hydrogen-bond acceptors (Lipinski definition) is 13. The number of nitrogens with one attached hydrogen (secondary N) is 2. The molecule has 2 unspecified atom stereocenters. The second-order valence-corrected chi connectivity index (χ2v) is 28.6. The summed E-state index contributed by atoms with van der Waals surface area (Å²) in [6.07, 6.45) is 70.3. The Labute approximate surface area is 598 Å². The maximum Gasteiger partial charge on any atom is 0.323 e. The number of aliphatic hydroxyl groups is 2. The molecule has 0 bridgehead atoms. The topological polar surface area (TPSA) is 287 Å². The smallest absolute Gasteiger partial charge is 0.323 e. The molecule has 0 heterocycles. The van der Waals surface area contributed by atoms with Crippen molar-refractivity contribution in [2.75, 3.05) is 26.4 Å². The lowest BCUT2D eigenvalue weighted by Gasteiger charge is -2.23. The first-order chi connectivity index (χ1) is 47.7. The molecule has 0 radical (unpaired) electrons. The van der Waals surface area contributed by atoms with Crippen LogP contribution >= 0.6 is 0 Å². The molecule has 0 aromatic carbocycles. The number of allylic oxidation sites excluding steroid dienone is 2. The number of amides is 2. The fraction of sp³-hybridized carbons (Fsp3) is 0.877. The molecule has 10 N–H and O–H groups in total. The first kappa shape index (κ1) is 94.1. The Morgan fingerprint density at radius 1 is 0.347 bits per heavy atom. The molecule has 0 saturated carbocycles. The molecule has 2 amide bonds. The Balaban J connectivity index is 3.93. The maximum atomic E-state index is 13.0. The highest BCUT2D eigenvalue weighted by Gasteiger charge is 2.26. The predicted octanol–water partition coefficient (Wildman–Crippen LogP) is 18.8. The lowest BCUT2D eigenvalue weighted by molar-refractivity contribution is -0.150. The summed E-state index contributed by atoms with van der Waals surface area (Å²) in [7, 11) is 0. The fourth-order valence-corrected chi connectivity index (χ4v) is 12.5. The Bertz CT molecular complexity index is 1910. The number of carboxylic acids is 2. The van der Waals surface area contributed by atoms with Crippen LogP contribution in [0.4, 0.5) is 0 Å². The van der Waals surface area contributed by atoms with Crippen molar-refractivity contribution in [3.8, 4) is 0 Å². The number of rotatable bonds is 77. The van der Waals surface area contributed by atoms with Crippen LogP contribution in [0, 0.1) is 0 Å². The highest BCUT2D eigenvalue weighted by molar-refractivity contribution is 5.82. The van der Waals surface area contributed by atoms with Gasteiger partial charge in [-0.2, -0.15) is 0 Å². The quantitative estimate of drug-likeness (QED) is 0.0160. The van der Waals surface area contributed by atoms with Crippen LogP contribution in [-0.2, 0) is 43.0 Å². The Morgan fingerprint density at radius 3 is 0.898 bits per heavy atom. The lowest BCUT2D eigenvalue weighted by atomic mass is 10.0. The molecule has 0 aromatic heterocycles. The second kappa shape index (κ2) is 72.9. The van der Waals surface area contributed by atoms with Gasteiger partial charge in [0.25, 0.3) is 0 Å². The minimum absolute atomic E-state index is 0.0514. The SMILES string of the molecule is CCCCCCCCCCCCC/C=C/[C@@H](O)[C@H](COC(=O)C(N)CCC(=O)O)NC(=O)CCCCCCCCCCCCCCCCCOCCCCCCCCCCCCCCCCCC(=O)N[C@@H](COC(=O)C(N)CC(=O)O)[C@H](O)/C=C/CCCCCCCCCCCCC. The Morgan fingerprint density at radius 2 is 0.612 bits per heavy atom. The van der Waals surface area contributed by atoms with Crippen LogP contribution in [0.5, 0.6) is 0 Å². The summed E-state index contributed by atoms with van der Waals surface area (Å²) in [5.74, 6) is -4.28. The zero-order chi connectivity index (χ0) is 71.8. The van der Waals surface area contributed by atoms with Crippen LogP contribution in [-0.4, -0.2) is 119 Å². The summed E-state index contributed by atoms with van der Waals surface area (Å²) in [4.78, 5) is 72.6. The summed E-state index contributed by atoms with van der Waals surface area (Å²) in [5.41, 5.74) is 11.5. The van der Waals surface area contributed by atoms with Gasteiger partial charge in [-0.25, -0.2) is 0 Å². The van der Waals surface area contributed by atoms with Crippen molar-refractivity contribution in [2.24, 2.45) is 11.5 Å². The van der Waals surface area contributed by atoms with Crippen LogP contribution in [0.1, 0.15) is 393 Å². The summed E-state index contributed by atoms with van der Waals surface area (Å²) in [6.45, 7) is 5.72. The van der Waals surface area contributed by atoms with E-state index in [2.05, 4.69) is 24.5 Å². The van der Waals surface area contributed by atoms with E-state index in [0.29, 0.717) is 12.8 Å². The summed E-state index contributed by atoms with van der Waals surface area (Å²) in [5, 5.41) is 45.6. The molecule has 0 aliphatic rings. The van der Waals surface area contributed by atoms with E-state index in [4.69, 9.17) is 35.9 Å². The summed E-state index contributed by atoms with van der Waals surface area (Å²) in [6, 6.07) is -4.09. The van der Waals surface area contributed by atoms with Crippen molar-refractivity contribution in [3.05, 3.63) is 24.3 Å². The van der Waals surface area contributed by atoms with Crippen LogP contribution < -0.4 is 22.1 Å². The van der Waals surface area contributed by atoms with Gasteiger partial charge in [-0.3, -0.25) is 28.8 Å². The number of ether oxygens (including phenoxy) is 3. The van der Waals surface area contributed by atoms with Gasteiger partial charge in [-0.1, -0.05) is 334 Å². The largest absolute Gasteiger partial charge is 0.481 e. The zero-order valence-electron chi connectivity index (χ0n) is 62.9. The van der Waals surface area contributed by atoms with Gasteiger partial charge >= 0.3 is 23.9 Å². The molecule has 98 heavy (non-hydrogen) atoms. The summed E-state index contributed by atoms with van der Waals surface area (Å²) < 4.78 is 16.6. The van der Waals surface area contributed by atoms with Gasteiger partial charge in [0.1, 0.15) is 25.3 Å². The molecule has 17 heteroatoms. The van der Waals surface area contributed by atoms with Crippen LogP contribution in [0.25, 0.3) is 0 Å². The van der Waals surface area contributed by atoms with Crippen molar-refractivity contribution < 1.29 is 63.4 Å². The molecule has 0 aliphatic heterocycles. The number of aliphatic hydroxyl groups excluding tert-OH is 2. The fourth-order valence-electron chi connectivity index (χ4n) is 12.5. The third-order valence-corrected chi connectivity index (χ3v) is 19.0. The van der Waals surface area contributed by atoms with Gasteiger partial charge in [0, 0.05) is 32.5 Å². The molecule has 0 saturated heterocycles. The second-order valence-electron chi connectivity index (χ2n) is 28.6. The van der Waals surface area contributed by atoms with E-state index in [1.807, 2.05) is 12.2 Å². The third kappa shape index (κ3) is 66.6. The highest BCUT2D eigenvalue weighted by Crippen LogP contribution is 2.19. The monoisotopic (exact) mass is 1390 g/mol. The zero-order valence-corrected chi connectivity index (χ0v) is 62.9. The first-order valence-electron chi connectivity index (χ1n) is 40.9. The summed E-state index contributed by atoms with van der Waals surface area (Å²) >= 11 is 0. The van der Waals surface area contributed by atoms with Crippen molar-refractivity contribution in [1.82, 2.24) is 10.6 Å². The molecular weight excluding hydrogens is 1240 g/mol. The average Bonchev–Trinajstić information content (AvgIpc) is 1.47.